The Morgan fingerprint density at radius 3 is 1.42 bits per heavy atom. The van der Waals surface area contributed by atoms with E-state index in [2.05, 4.69) is 106 Å². The molecule has 33 heavy (non-hydrogen) atoms. The summed E-state index contributed by atoms with van der Waals surface area (Å²) < 4.78 is 49.6. The molecule has 0 amide bonds. The van der Waals surface area contributed by atoms with E-state index in [0.717, 1.165) is 0 Å². The van der Waals surface area contributed by atoms with E-state index in [1.165, 1.54) is 20.2 Å². The summed E-state index contributed by atoms with van der Waals surface area (Å²) in [6, 6.07) is 30.7. The smallest absolute Gasteiger partial charge is 0.408 e. The summed E-state index contributed by atoms with van der Waals surface area (Å²) in [6.07, 6.45) is 0. The topological polar surface area (TPSA) is 94.5 Å². The Hall–Kier alpha value is -2.75. The molecule has 0 saturated heterocycles. The summed E-state index contributed by atoms with van der Waals surface area (Å²) in [5.74, 6) is -3.16. The van der Waals surface area contributed by atoms with Crippen LogP contribution in [0.25, 0.3) is 0 Å². The molecule has 0 aliphatic rings. The zero-order valence-electron chi connectivity index (χ0n) is 18.2. The number of carboxylic acids is 1. The lowest BCUT2D eigenvalue weighted by Gasteiger charge is -2.19. The van der Waals surface area contributed by atoms with Crippen molar-refractivity contribution in [2.24, 2.45) is 0 Å². The molecule has 0 bridgehead atoms. The SMILES string of the molecule is CC(C)(C)c1ccc([S+](c2ccccc2)c2ccccc2)cc1.O=C([O-])C(F)(F)S(=O)(=O)O. The van der Waals surface area contributed by atoms with Crippen molar-refractivity contribution in [1.29, 1.82) is 0 Å². The third kappa shape index (κ3) is 6.86. The summed E-state index contributed by atoms with van der Waals surface area (Å²) >= 11 is 0. The van der Waals surface area contributed by atoms with Gasteiger partial charge in [0, 0.05) is 0 Å². The van der Waals surface area contributed by atoms with Crippen LogP contribution < -0.4 is 5.11 Å². The summed E-state index contributed by atoms with van der Waals surface area (Å²) in [7, 11) is -5.95. The zero-order chi connectivity index (χ0) is 24.9. The lowest BCUT2D eigenvalue weighted by Crippen LogP contribution is -2.46. The van der Waals surface area contributed by atoms with E-state index in [4.69, 9.17) is 4.55 Å². The van der Waals surface area contributed by atoms with Gasteiger partial charge in [0.25, 0.3) is 0 Å². The van der Waals surface area contributed by atoms with Gasteiger partial charge < -0.3 is 9.90 Å². The van der Waals surface area contributed by atoms with Crippen molar-refractivity contribution in [2.75, 3.05) is 0 Å². The number of benzene rings is 3. The van der Waals surface area contributed by atoms with Crippen LogP contribution in [0.15, 0.2) is 99.6 Å². The van der Waals surface area contributed by atoms with Gasteiger partial charge in [0.2, 0.25) is 0 Å². The zero-order valence-corrected chi connectivity index (χ0v) is 19.9. The van der Waals surface area contributed by atoms with E-state index < -0.39 is 21.3 Å². The highest BCUT2D eigenvalue weighted by Crippen LogP contribution is 2.32. The third-order valence-corrected chi connectivity index (χ3v) is 7.52. The second kappa shape index (κ2) is 10.5. The molecule has 0 aromatic heterocycles. The Morgan fingerprint density at radius 1 is 0.788 bits per heavy atom. The average Bonchev–Trinajstić information content (AvgIpc) is 2.75. The van der Waals surface area contributed by atoms with Crippen LogP contribution in [0.4, 0.5) is 8.78 Å². The summed E-state index contributed by atoms with van der Waals surface area (Å²) in [5.41, 5.74) is 1.57. The second-order valence-electron chi connectivity index (χ2n) is 7.99. The summed E-state index contributed by atoms with van der Waals surface area (Å²) in [5, 5.41) is 4.04. The van der Waals surface area contributed by atoms with Gasteiger partial charge in [-0.05, 0) is 47.4 Å². The van der Waals surface area contributed by atoms with Gasteiger partial charge >= 0.3 is 15.4 Å². The van der Waals surface area contributed by atoms with Crippen LogP contribution >= 0.6 is 0 Å². The molecule has 3 aromatic carbocycles. The minimum atomic E-state index is -5.90. The second-order valence-corrected chi connectivity index (χ2v) is 11.5. The Labute approximate surface area is 195 Å². The fourth-order valence-electron chi connectivity index (χ4n) is 2.72. The van der Waals surface area contributed by atoms with Crippen molar-refractivity contribution in [1.82, 2.24) is 0 Å². The van der Waals surface area contributed by atoms with E-state index in [0.29, 0.717) is 0 Å². The molecule has 1 N–H and O–H groups in total. The fraction of sp³-hybridized carbons (Fsp3) is 0.208. The molecule has 0 spiro atoms. The van der Waals surface area contributed by atoms with Crippen molar-refractivity contribution < 1.29 is 31.7 Å². The van der Waals surface area contributed by atoms with Crippen LogP contribution in [0.5, 0.6) is 0 Å². The van der Waals surface area contributed by atoms with Gasteiger partial charge in [-0.1, -0.05) is 69.3 Å². The van der Waals surface area contributed by atoms with Crippen LogP contribution in [0, 0.1) is 0 Å². The molecule has 3 rings (SSSR count). The van der Waals surface area contributed by atoms with Gasteiger partial charge in [0.05, 0.1) is 10.9 Å². The molecule has 0 saturated carbocycles. The largest absolute Gasteiger partial charge is 0.543 e. The monoisotopic (exact) mass is 494 g/mol. The molecule has 0 aliphatic heterocycles. The number of carbonyl (C=O) groups excluding carboxylic acids is 1. The Kier molecular flexibility index (Phi) is 8.40. The van der Waals surface area contributed by atoms with Crippen molar-refractivity contribution in [3.8, 4) is 0 Å². The number of carbonyl (C=O) groups is 1. The number of hydrogen-bond donors (Lipinski definition) is 1. The van der Waals surface area contributed by atoms with E-state index in [1.54, 1.807) is 0 Å². The molecular weight excluding hydrogens is 470 g/mol. The Bertz CT molecular complexity index is 1120. The molecule has 0 unspecified atom stereocenters. The van der Waals surface area contributed by atoms with Crippen LogP contribution in [0.3, 0.4) is 0 Å². The van der Waals surface area contributed by atoms with Gasteiger partial charge in [-0.25, -0.2) is 0 Å². The molecule has 0 atom stereocenters. The fourth-order valence-corrected chi connectivity index (χ4v) is 5.01. The lowest BCUT2D eigenvalue weighted by molar-refractivity contribution is -0.321. The Balaban J connectivity index is 0.000000328. The maximum absolute atomic E-state index is 11.6. The third-order valence-electron chi connectivity index (χ3n) is 4.48. The highest BCUT2D eigenvalue weighted by Gasteiger charge is 2.45. The number of aliphatic carboxylic acids is 1. The van der Waals surface area contributed by atoms with Crippen molar-refractivity contribution in [3.05, 3.63) is 90.5 Å². The predicted octanol–water partition coefficient (Wildman–Crippen LogP) is 4.30. The number of alkyl halides is 2. The van der Waals surface area contributed by atoms with Crippen LogP contribution in [0.1, 0.15) is 26.3 Å². The van der Waals surface area contributed by atoms with Gasteiger partial charge in [0.1, 0.15) is 5.97 Å². The number of rotatable bonds is 5. The van der Waals surface area contributed by atoms with E-state index in [9.17, 15) is 27.1 Å². The minimum absolute atomic E-state index is 0.0497. The summed E-state index contributed by atoms with van der Waals surface area (Å²) in [6.45, 7) is 6.78. The molecule has 0 aliphatic carbocycles. The van der Waals surface area contributed by atoms with Crippen molar-refractivity contribution in [2.45, 2.75) is 46.1 Å². The van der Waals surface area contributed by atoms with Crippen LogP contribution in [-0.2, 0) is 31.2 Å². The lowest BCUT2D eigenvalue weighted by atomic mass is 9.87. The first-order chi connectivity index (χ1) is 15.2. The molecule has 9 heteroatoms. The first-order valence-electron chi connectivity index (χ1n) is 9.76. The van der Waals surface area contributed by atoms with Crippen molar-refractivity contribution >= 4 is 27.0 Å². The first-order valence-corrected chi connectivity index (χ1v) is 12.4. The molecule has 3 aromatic rings. The average molecular weight is 495 g/mol. The van der Waals surface area contributed by atoms with Gasteiger partial charge in [-0.2, -0.15) is 17.2 Å². The highest BCUT2D eigenvalue weighted by atomic mass is 32.2. The molecular formula is C24H24F2O5S2. The number of hydrogen-bond acceptors (Lipinski definition) is 4. The summed E-state index contributed by atoms with van der Waals surface area (Å²) in [4.78, 5) is 13.4. The van der Waals surface area contributed by atoms with Crippen LogP contribution in [-0.4, -0.2) is 24.2 Å². The maximum atomic E-state index is 11.6. The molecule has 0 heterocycles. The predicted molar refractivity (Wildman–Crippen MR) is 122 cm³/mol. The Morgan fingerprint density at radius 2 is 1.15 bits per heavy atom. The quantitative estimate of drug-likeness (QED) is 0.422. The normalized spacial score (nSPS) is 12.1. The van der Waals surface area contributed by atoms with Crippen molar-refractivity contribution in [3.63, 3.8) is 0 Å². The van der Waals surface area contributed by atoms with Gasteiger partial charge in [-0.15, -0.1) is 0 Å². The minimum Gasteiger partial charge on any atom is -0.543 e. The van der Waals surface area contributed by atoms with Crippen LogP contribution in [0.2, 0.25) is 0 Å². The standard InChI is InChI=1S/C22H23S.C2H2F2O5S/c1-22(2,3)18-14-16-21(17-15-18)23(19-10-6-4-7-11-19)20-12-8-5-9-13-20;3-2(4,1(5)6)10(7,8)9/h4-17H,1-3H3;(H,5,6)(H,7,8,9)/q+1;/p-1. The number of carboxylic acid groups (broad SMARTS) is 1. The molecule has 176 valence electrons. The number of halogens is 2. The van der Waals surface area contributed by atoms with Gasteiger partial charge in [-0.3, -0.25) is 4.55 Å². The van der Waals surface area contributed by atoms with E-state index >= 15 is 0 Å². The maximum Gasteiger partial charge on any atom is 0.408 e. The molecule has 0 radical (unpaired) electrons. The highest BCUT2D eigenvalue weighted by molar-refractivity contribution is 7.97. The molecule has 5 nitrogen and oxygen atoms in total. The van der Waals surface area contributed by atoms with E-state index in [-0.39, 0.29) is 16.3 Å². The van der Waals surface area contributed by atoms with E-state index in [1.807, 2.05) is 0 Å². The molecule has 0 fully saturated rings. The van der Waals surface area contributed by atoms with Gasteiger partial charge in [0.15, 0.2) is 14.7 Å². The first kappa shape index (κ1) is 26.5.